The first-order chi connectivity index (χ1) is 9.83. The van der Waals surface area contributed by atoms with Crippen LogP contribution in [0.5, 0.6) is 0 Å². The Hall–Kier alpha value is -1.29. The SMILES string of the molecule is CCCNc1cccc(N2CCCC(OCCC)C2)n1. The Balaban J connectivity index is 1.95. The third-order valence-electron chi connectivity index (χ3n) is 3.55. The third-order valence-corrected chi connectivity index (χ3v) is 3.55. The molecule has 1 N–H and O–H groups in total. The van der Waals surface area contributed by atoms with E-state index in [1.165, 1.54) is 12.8 Å². The molecule has 0 aromatic carbocycles. The first-order valence-corrected chi connectivity index (χ1v) is 7.91. The van der Waals surface area contributed by atoms with Gasteiger partial charge in [0.2, 0.25) is 0 Å². The average molecular weight is 277 g/mol. The Labute approximate surface area is 122 Å². The fourth-order valence-corrected chi connectivity index (χ4v) is 2.52. The lowest BCUT2D eigenvalue weighted by atomic mass is 10.1. The highest BCUT2D eigenvalue weighted by Crippen LogP contribution is 2.21. The minimum absolute atomic E-state index is 0.359. The van der Waals surface area contributed by atoms with E-state index in [1.54, 1.807) is 0 Å². The molecule has 2 heterocycles. The summed E-state index contributed by atoms with van der Waals surface area (Å²) in [6.07, 6.45) is 4.92. The van der Waals surface area contributed by atoms with Crippen LogP contribution >= 0.6 is 0 Å². The van der Waals surface area contributed by atoms with Gasteiger partial charge < -0.3 is 15.0 Å². The van der Waals surface area contributed by atoms with Crippen molar-refractivity contribution < 1.29 is 4.74 Å². The maximum absolute atomic E-state index is 5.89. The molecule has 2 rings (SSSR count). The summed E-state index contributed by atoms with van der Waals surface area (Å²) in [5.41, 5.74) is 0. The van der Waals surface area contributed by atoms with Crippen LogP contribution in [0, 0.1) is 0 Å². The molecule has 1 atom stereocenters. The normalized spacial score (nSPS) is 19.1. The number of pyridine rings is 1. The Morgan fingerprint density at radius 1 is 1.35 bits per heavy atom. The van der Waals surface area contributed by atoms with Gasteiger partial charge in [-0.1, -0.05) is 19.9 Å². The fourth-order valence-electron chi connectivity index (χ4n) is 2.52. The molecule has 4 heteroatoms. The van der Waals surface area contributed by atoms with Crippen LogP contribution < -0.4 is 10.2 Å². The highest BCUT2D eigenvalue weighted by molar-refractivity contribution is 5.47. The summed E-state index contributed by atoms with van der Waals surface area (Å²) in [6.45, 7) is 8.20. The average Bonchev–Trinajstić information content (AvgIpc) is 2.51. The van der Waals surface area contributed by atoms with Crippen molar-refractivity contribution in [3.63, 3.8) is 0 Å². The molecule has 1 saturated heterocycles. The number of anilines is 2. The Kier molecular flexibility index (Phi) is 6.12. The Morgan fingerprint density at radius 3 is 3.05 bits per heavy atom. The predicted octanol–water partition coefficient (Wildman–Crippen LogP) is 3.30. The Morgan fingerprint density at radius 2 is 2.25 bits per heavy atom. The smallest absolute Gasteiger partial charge is 0.131 e. The lowest BCUT2D eigenvalue weighted by Gasteiger charge is -2.33. The van der Waals surface area contributed by atoms with Gasteiger partial charge in [-0.05, 0) is 37.8 Å². The zero-order valence-corrected chi connectivity index (χ0v) is 12.8. The molecule has 0 amide bonds. The highest BCUT2D eigenvalue weighted by atomic mass is 16.5. The molecule has 0 aliphatic carbocycles. The number of hydrogen-bond donors (Lipinski definition) is 1. The van der Waals surface area contributed by atoms with Crippen LogP contribution in [0.1, 0.15) is 39.5 Å². The molecular formula is C16H27N3O. The van der Waals surface area contributed by atoms with E-state index < -0.39 is 0 Å². The summed E-state index contributed by atoms with van der Waals surface area (Å²) < 4.78 is 5.89. The highest BCUT2D eigenvalue weighted by Gasteiger charge is 2.21. The largest absolute Gasteiger partial charge is 0.376 e. The van der Waals surface area contributed by atoms with Gasteiger partial charge in [0.15, 0.2) is 0 Å². The second-order valence-electron chi connectivity index (χ2n) is 5.39. The van der Waals surface area contributed by atoms with Crippen molar-refractivity contribution in [3.8, 4) is 0 Å². The van der Waals surface area contributed by atoms with E-state index in [0.29, 0.717) is 6.10 Å². The van der Waals surface area contributed by atoms with Gasteiger partial charge >= 0.3 is 0 Å². The summed E-state index contributed by atoms with van der Waals surface area (Å²) in [5.74, 6) is 2.04. The zero-order chi connectivity index (χ0) is 14.2. The quantitative estimate of drug-likeness (QED) is 0.830. The molecule has 1 aliphatic rings. The summed E-state index contributed by atoms with van der Waals surface area (Å²) in [4.78, 5) is 7.06. The molecule has 112 valence electrons. The number of hydrogen-bond acceptors (Lipinski definition) is 4. The standard InChI is InChI=1S/C16H27N3O/c1-3-10-17-15-8-5-9-16(18-15)19-11-6-7-14(13-19)20-12-4-2/h5,8-9,14H,3-4,6-7,10-13H2,1-2H3,(H,17,18). The maximum Gasteiger partial charge on any atom is 0.131 e. The lowest BCUT2D eigenvalue weighted by Crippen LogP contribution is -2.40. The van der Waals surface area contributed by atoms with Crippen LogP contribution in [0.25, 0.3) is 0 Å². The van der Waals surface area contributed by atoms with Gasteiger partial charge in [-0.15, -0.1) is 0 Å². The molecule has 4 nitrogen and oxygen atoms in total. The second-order valence-corrected chi connectivity index (χ2v) is 5.39. The first-order valence-electron chi connectivity index (χ1n) is 7.91. The van der Waals surface area contributed by atoms with Crippen molar-refractivity contribution in [1.29, 1.82) is 0 Å². The summed E-state index contributed by atoms with van der Waals surface area (Å²) in [6, 6.07) is 6.21. The van der Waals surface area contributed by atoms with Gasteiger partial charge in [-0.2, -0.15) is 0 Å². The number of piperidine rings is 1. The van der Waals surface area contributed by atoms with Gasteiger partial charge in [0, 0.05) is 26.2 Å². The van der Waals surface area contributed by atoms with Gasteiger partial charge in [-0.25, -0.2) is 4.98 Å². The number of aromatic nitrogens is 1. The molecule has 1 unspecified atom stereocenters. The molecule has 1 aromatic heterocycles. The minimum atomic E-state index is 0.359. The molecule has 0 saturated carbocycles. The van der Waals surface area contributed by atoms with Crippen molar-refractivity contribution >= 4 is 11.6 Å². The van der Waals surface area contributed by atoms with E-state index >= 15 is 0 Å². The van der Waals surface area contributed by atoms with E-state index in [-0.39, 0.29) is 0 Å². The van der Waals surface area contributed by atoms with Gasteiger partial charge in [-0.3, -0.25) is 0 Å². The summed E-state index contributed by atoms with van der Waals surface area (Å²) in [7, 11) is 0. The van der Waals surface area contributed by atoms with Crippen molar-refractivity contribution in [3.05, 3.63) is 18.2 Å². The van der Waals surface area contributed by atoms with E-state index in [9.17, 15) is 0 Å². The number of ether oxygens (including phenoxy) is 1. The van der Waals surface area contributed by atoms with Gasteiger partial charge in [0.05, 0.1) is 6.10 Å². The number of nitrogens with one attached hydrogen (secondary N) is 1. The topological polar surface area (TPSA) is 37.4 Å². The van der Waals surface area contributed by atoms with Crippen LogP contribution in [0.15, 0.2) is 18.2 Å². The van der Waals surface area contributed by atoms with Crippen molar-refractivity contribution in [1.82, 2.24) is 4.98 Å². The third kappa shape index (κ3) is 4.37. The van der Waals surface area contributed by atoms with Gasteiger partial charge in [0.25, 0.3) is 0 Å². The zero-order valence-electron chi connectivity index (χ0n) is 12.8. The monoisotopic (exact) mass is 277 g/mol. The van der Waals surface area contributed by atoms with E-state index in [0.717, 1.165) is 50.7 Å². The number of nitrogens with zero attached hydrogens (tertiary/aromatic N) is 2. The second kappa shape index (κ2) is 8.10. The fraction of sp³-hybridized carbons (Fsp3) is 0.688. The van der Waals surface area contributed by atoms with Crippen LogP contribution in [0.4, 0.5) is 11.6 Å². The van der Waals surface area contributed by atoms with Crippen LogP contribution in [0.3, 0.4) is 0 Å². The van der Waals surface area contributed by atoms with Crippen molar-refractivity contribution in [2.45, 2.75) is 45.6 Å². The van der Waals surface area contributed by atoms with E-state index in [1.807, 2.05) is 6.07 Å². The van der Waals surface area contributed by atoms with Gasteiger partial charge in [0.1, 0.15) is 11.6 Å². The van der Waals surface area contributed by atoms with E-state index in [2.05, 4.69) is 36.2 Å². The first kappa shape index (κ1) is 15.1. The van der Waals surface area contributed by atoms with Crippen LogP contribution in [-0.4, -0.2) is 37.3 Å². The molecule has 1 aliphatic heterocycles. The lowest BCUT2D eigenvalue weighted by molar-refractivity contribution is 0.0439. The van der Waals surface area contributed by atoms with E-state index in [4.69, 9.17) is 9.72 Å². The minimum Gasteiger partial charge on any atom is -0.376 e. The molecule has 0 bridgehead atoms. The molecule has 1 aromatic rings. The molecule has 0 spiro atoms. The van der Waals surface area contributed by atoms with Crippen LogP contribution in [-0.2, 0) is 4.74 Å². The molecule has 20 heavy (non-hydrogen) atoms. The summed E-state index contributed by atoms with van der Waals surface area (Å²) >= 11 is 0. The molecular weight excluding hydrogens is 250 g/mol. The maximum atomic E-state index is 5.89. The van der Waals surface area contributed by atoms with Crippen LogP contribution in [0.2, 0.25) is 0 Å². The Bertz CT molecular complexity index is 397. The number of rotatable bonds is 7. The van der Waals surface area contributed by atoms with Crippen molar-refractivity contribution in [2.75, 3.05) is 36.5 Å². The molecule has 0 radical (unpaired) electrons. The summed E-state index contributed by atoms with van der Waals surface area (Å²) in [5, 5.41) is 3.35. The van der Waals surface area contributed by atoms with Crippen molar-refractivity contribution in [2.24, 2.45) is 0 Å². The predicted molar refractivity (Wildman–Crippen MR) is 84.5 cm³/mol. The molecule has 1 fully saturated rings.